The summed E-state index contributed by atoms with van der Waals surface area (Å²) in [4.78, 5) is 74.7. The van der Waals surface area contributed by atoms with E-state index in [1.165, 1.54) is 28.1 Å². The van der Waals surface area contributed by atoms with Crippen molar-refractivity contribution in [3.8, 4) is 6.07 Å². The molecule has 68 heavy (non-hydrogen) atoms. The number of nitrogens with one attached hydrogen (secondary N) is 3. The van der Waals surface area contributed by atoms with E-state index >= 15 is 4.57 Å². The number of imidazole rings is 2. The van der Waals surface area contributed by atoms with Gasteiger partial charge in [-0.15, -0.1) is 0 Å². The second-order valence-electron chi connectivity index (χ2n) is 18.0. The molecule has 3 fully saturated rings. The molecule has 4 bridgehead atoms. The lowest BCUT2D eigenvalue weighted by Gasteiger charge is -2.40. The third kappa shape index (κ3) is 10.4. The normalized spacial score (nSPS) is 28.1. The standard InChI is InChI=1S/C40H51N11O14P2Si/c1-22(2)34(52)48-39-47-33-28(36(54)49-39)45-21-51(33)38-30-29(65-68(6,7)40(3,4)5)26(62-38)18-59-66(55,56)63-25-16-24(17-60-67(57,64-30)58-15-11-14-41)61-37(25)50-20-44-27-31(42-19-43-32(27)50)46-35(53)23-12-9-8-10-13-23/h8-10,12-13,19-22,24-26,29-30,37-38H,11,15-18H2,1-7H3,(H,55,56)(H,42,43,46,53)(H2,47,48,49,52,54)/t24-,25+,26+,29+,30+,37+,38+,67?/m0/s1. The Labute approximate surface area is 389 Å². The molecule has 4 N–H and O–H groups in total. The van der Waals surface area contributed by atoms with Crippen LogP contribution in [0.5, 0.6) is 0 Å². The minimum absolute atomic E-state index is 0.0764. The number of hydrogen-bond donors (Lipinski definition) is 4. The van der Waals surface area contributed by atoms with Gasteiger partial charge >= 0.3 is 15.6 Å². The van der Waals surface area contributed by atoms with Crippen molar-refractivity contribution in [2.75, 3.05) is 30.5 Å². The summed E-state index contributed by atoms with van der Waals surface area (Å²) in [5.74, 6) is -1.48. The van der Waals surface area contributed by atoms with Gasteiger partial charge in [-0.05, 0) is 30.3 Å². The monoisotopic (exact) mass is 999 g/mol. The number of ether oxygens (including phenoxy) is 2. The largest absolute Gasteiger partial charge is 0.475 e. The van der Waals surface area contributed by atoms with Crippen LogP contribution in [-0.2, 0) is 50.4 Å². The topological polar surface area (TPSA) is 317 Å². The average molecular weight is 1000 g/mol. The molecule has 25 nitrogen and oxygen atoms in total. The fraction of sp³-hybridized carbons (Fsp3) is 0.525. The predicted molar refractivity (Wildman–Crippen MR) is 241 cm³/mol. The summed E-state index contributed by atoms with van der Waals surface area (Å²) < 4.78 is 81.6. The van der Waals surface area contributed by atoms with Crippen molar-refractivity contribution in [2.45, 2.75) is 109 Å². The molecule has 3 aliphatic rings. The van der Waals surface area contributed by atoms with Gasteiger partial charge in [0.05, 0.1) is 51.1 Å². The Balaban J connectivity index is 1.17. The van der Waals surface area contributed by atoms with Crippen LogP contribution in [0.15, 0.2) is 54.1 Å². The Hall–Kier alpha value is -5.13. The molecule has 4 aromatic heterocycles. The van der Waals surface area contributed by atoms with Crippen LogP contribution in [-0.4, -0.2) is 114 Å². The number of fused-ring (bicyclic) bond motifs is 6. The molecule has 1 aromatic carbocycles. The highest BCUT2D eigenvalue weighted by molar-refractivity contribution is 7.48. The van der Waals surface area contributed by atoms with Gasteiger partial charge in [0.1, 0.15) is 30.7 Å². The second kappa shape index (κ2) is 19.3. The number of hydrogen-bond acceptors (Lipinski definition) is 19. The van der Waals surface area contributed by atoms with Crippen LogP contribution in [0.3, 0.4) is 0 Å². The molecule has 0 radical (unpaired) electrons. The van der Waals surface area contributed by atoms with Crippen LogP contribution in [0.25, 0.3) is 22.3 Å². The van der Waals surface area contributed by atoms with E-state index in [9.17, 15) is 29.1 Å². The van der Waals surface area contributed by atoms with Crippen molar-refractivity contribution in [1.82, 2.24) is 39.0 Å². The molecule has 364 valence electrons. The van der Waals surface area contributed by atoms with E-state index in [-0.39, 0.29) is 46.9 Å². The van der Waals surface area contributed by atoms with Gasteiger partial charge in [0.15, 0.2) is 48.9 Å². The zero-order valence-electron chi connectivity index (χ0n) is 38.0. The maximum atomic E-state index is 15.1. The Morgan fingerprint density at radius 3 is 2.40 bits per heavy atom. The van der Waals surface area contributed by atoms with Crippen LogP contribution in [0.1, 0.15) is 70.3 Å². The summed E-state index contributed by atoms with van der Waals surface area (Å²) in [7, 11) is -12.7. The third-order valence-corrected chi connectivity index (χ3v) is 18.8. The molecule has 2 unspecified atom stereocenters. The second-order valence-corrected chi connectivity index (χ2v) is 25.8. The van der Waals surface area contributed by atoms with Gasteiger partial charge in [-0.3, -0.25) is 56.4 Å². The highest BCUT2D eigenvalue weighted by atomic mass is 31.2. The van der Waals surface area contributed by atoms with Crippen LogP contribution in [0.2, 0.25) is 18.1 Å². The minimum Gasteiger partial charge on any atom is -0.408 e. The Kier molecular flexibility index (Phi) is 14.0. The lowest BCUT2D eigenvalue weighted by Crippen LogP contribution is -2.50. The van der Waals surface area contributed by atoms with Gasteiger partial charge in [-0.1, -0.05) is 52.8 Å². The fourth-order valence-electron chi connectivity index (χ4n) is 7.33. The zero-order valence-corrected chi connectivity index (χ0v) is 40.8. The van der Waals surface area contributed by atoms with E-state index in [1.54, 1.807) is 44.2 Å². The number of aromatic nitrogens is 8. The Morgan fingerprint density at radius 2 is 1.69 bits per heavy atom. The number of benzene rings is 1. The number of aromatic amines is 1. The van der Waals surface area contributed by atoms with Crippen molar-refractivity contribution < 1.29 is 60.1 Å². The number of carbonyl (C=O) groups is 2. The van der Waals surface area contributed by atoms with E-state index in [2.05, 4.69) is 40.5 Å². The average Bonchev–Trinajstić information content (AvgIpc) is 4.07. The number of amides is 2. The van der Waals surface area contributed by atoms with E-state index in [0.29, 0.717) is 5.56 Å². The fourth-order valence-corrected chi connectivity index (χ4v) is 11.0. The zero-order chi connectivity index (χ0) is 48.8. The van der Waals surface area contributed by atoms with Crippen LogP contribution < -0.4 is 16.2 Å². The van der Waals surface area contributed by atoms with E-state index in [4.69, 9.17) is 36.5 Å². The van der Waals surface area contributed by atoms with E-state index in [1.807, 2.05) is 39.9 Å². The first-order chi connectivity index (χ1) is 32.2. The van der Waals surface area contributed by atoms with Gasteiger partial charge in [0, 0.05) is 17.9 Å². The van der Waals surface area contributed by atoms with Gasteiger partial charge in [-0.2, -0.15) is 10.2 Å². The van der Waals surface area contributed by atoms with E-state index < -0.39 is 115 Å². The number of phosphoric ester groups is 2. The summed E-state index contributed by atoms with van der Waals surface area (Å²) in [6.45, 7) is 11.5. The number of H-pyrrole nitrogens is 1. The van der Waals surface area contributed by atoms with Crippen molar-refractivity contribution >= 4 is 69.9 Å². The van der Waals surface area contributed by atoms with Crippen molar-refractivity contribution in [3.63, 3.8) is 0 Å². The molecule has 28 heteroatoms. The molecule has 3 aliphatic heterocycles. The highest BCUT2D eigenvalue weighted by Crippen LogP contribution is 2.57. The first kappa shape index (κ1) is 49.3. The molecule has 0 saturated carbocycles. The van der Waals surface area contributed by atoms with Gasteiger partial charge in [0.25, 0.3) is 11.5 Å². The maximum Gasteiger partial charge on any atom is 0.475 e. The number of rotatable bonds is 11. The summed E-state index contributed by atoms with van der Waals surface area (Å²) in [6, 6.07) is 10.4. The summed E-state index contributed by atoms with van der Waals surface area (Å²) in [6.07, 6.45) is -5.59. The molecule has 9 atom stereocenters. The number of carbonyl (C=O) groups excluding carboxylic acids is 2. The number of nitrogens with zero attached hydrogens (tertiary/aromatic N) is 8. The van der Waals surface area contributed by atoms with Crippen LogP contribution in [0.4, 0.5) is 11.8 Å². The van der Waals surface area contributed by atoms with Crippen molar-refractivity contribution in [3.05, 3.63) is 65.2 Å². The smallest absolute Gasteiger partial charge is 0.408 e. The molecule has 0 spiro atoms. The molecule has 8 rings (SSSR count). The molecule has 0 aliphatic carbocycles. The molecular weight excluding hydrogens is 949 g/mol. The Bertz CT molecular complexity index is 2890. The molecule has 3 saturated heterocycles. The van der Waals surface area contributed by atoms with Gasteiger partial charge < -0.3 is 24.1 Å². The van der Waals surface area contributed by atoms with Crippen LogP contribution in [0, 0.1) is 17.2 Å². The summed E-state index contributed by atoms with van der Waals surface area (Å²) >= 11 is 0. The molecule has 5 aromatic rings. The third-order valence-electron chi connectivity index (χ3n) is 11.8. The highest BCUT2D eigenvalue weighted by Gasteiger charge is 2.56. The van der Waals surface area contributed by atoms with Gasteiger partial charge in [0.2, 0.25) is 11.9 Å². The van der Waals surface area contributed by atoms with E-state index in [0.717, 1.165) is 0 Å². The quantitative estimate of drug-likeness (QED) is 0.0737. The molecular formula is C40H51N11O14P2Si. The number of anilines is 2. The minimum atomic E-state index is -5.05. The molecule has 7 heterocycles. The number of phosphoric acid groups is 2. The molecule has 2 amide bonds. The first-order valence-corrected chi connectivity index (χ1v) is 27.4. The summed E-state index contributed by atoms with van der Waals surface area (Å²) in [5.41, 5.74) is -0.267. The predicted octanol–water partition coefficient (Wildman–Crippen LogP) is 5.34. The SMILES string of the molecule is CC(C)C(=O)Nc1nc2c(ncn2[C@@H]2O[C@@H]3COP(=O)(O)O[C@@H]4C[C@@H](COP(=O)(OCCC#N)O[C@@H]2[C@@H]3O[Si](C)(C)C(C)(C)C)O[C@H]4n2cnc3c(NC(=O)c4ccccc4)ncnc32)c(=O)[nH]1. The van der Waals surface area contributed by atoms with Gasteiger partial charge in [-0.25, -0.2) is 29.1 Å². The maximum absolute atomic E-state index is 15.1. The van der Waals surface area contributed by atoms with Crippen LogP contribution >= 0.6 is 15.6 Å². The van der Waals surface area contributed by atoms with Crippen molar-refractivity contribution in [1.29, 1.82) is 5.26 Å². The van der Waals surface area contributed by atoms with Crippen molar-refractivity contribution in [2.24, 2.45) is 5.92 Å². The lowest BCUT2D eigenvalue weighted by molar-refractivity contribution is -0.118. The summed E-state index contributed by atoms with van der Waals surface area (Å²) in [5, 5.41) is 14.3. The Morgan fingerprint density at radius 1 is 0.971 bits per heavy atom. The lowest BCUT2D eigenvalue weighted by atomic mass is 10.1. The first-order valence-electron chi connectivity index (χ1n) is 21.6. The number of nitriles is 1.